The van der Waals surface area contributed by atoms with Gasteiger partial charge in [0.2, 0.25) is 0 Å². The Morgan fingerprint density at radius 3 is 2.96 bits per heavy atom. The molecule has 23 heavy (non-hydrogen) atoms. The first-order valence-electron chi connectivity index (χ1n) is 6.85. The van der Waals surface area contributed by atoms with Crippen molar-refractivity contribution in [2.75, 3.05) is 11.9 Å². The number of nitrogens with one attached hydrogen (secondary N) is 2. The second-order valence-corrected chi connectivity index (χ2v) is 5.97. The molecule has 3 aromatic rings. The molecule has 9 heteroatoms. The van der Waals surface area contributed by atoms with Crippen LogP contribution in [0.1, 0.15) is 10.7 Å². The maximum absolute atomic E-state index is 11.7. The molecular formula is C14H13N5O3S. The Morgan fingerprint density at radius 2 is 2.26 bits per heavy atom. The lowest BCUT2D eigenvalue weighted by molar-refractivity contribution is -0.383. The number of rotatable bonds is 5. The minimum absolute atomic E-state index is 0.148. The van der Waals surface area contributed by atoms with Crippen molar-refractivity contribution in [1.29, 1.82) is 0 Å². The smallest absolute Gasteiger partial charge is 0.293 e. The van der Waals surface area contributed by atoms with E-state index in [4.69, 9.17) is 0 Å². The Bertz CT molecular complexity index is 934. The number of aromatic amines is 1. The van der Waals surface area contributed by atoms with Gasteiger partial charge in [-0.15, -0.1) is 11.3 Å². The first-order valence-corrected chi connectivity index (χ1v) is 7.73. The minimum Gasteiger partial charge on any atom is -0.379 e. The van der Waals surface area contributed by atoms with Gasteiger partial charge in [-0.25, -0.2) is 9.97 Å². The normalized spacial score (nSPS) is 10.8. The topological polar surface area (TPSA) is 114 Å². The zero-order valence-corrected chi connectivity index (χ0v) is 13.0. The summed E-state index contributed by atoms with van der Waals surface area (Å²) in [7, 11) is 0. The minimum atomic E-state index is -0.513. The van der Waals surface area contributed by atoms with Gasteiger partial charge in [0, 0.05) is 24.4 Å². The van der Waals surface area contributed by atoms with E-state index in [0.29, 0.717) is 24.2 Å². The summed E-state index contributed by atoms with van der Waals surface area (Å²) in [6.45, 7) is 2.43. The molecule has 0 amide bonds. The molecule has 0 unspecified atom stereocenters. The van der Waals surface area contributed by atoms with E-state index in [1.807, 2.05) is 12.3 Å². The van der Waals surface area contributed by atoms with Crippen LogP contribution in [0.4, 0.5) is 11.4 Å². The number of H-pyrrole nitrogens is 1. The van der Waals surface area contributed by atoms with Gasteiger partial charge < -0.3 is 10.3 Å². The van der Waals surface area contributed by atoms with Crippen molar-refractivity contribution >= 4 is 33.6 Å². The summed E-state index contributed by atoms with van der Waals surface area (Å²) in [5, 5.41) is 17.4. The molecule has 0 aliphatic carbocycles. The lowest BCUT2D eigenvalue weighted by Crippen LogP contribution is -2.10. The van der Waals surface area contributed by atoms with Crippen LogP contribution in [0, 0.1) is 17.0 Å². The van der Waals surface area contributed by atoms with Gasteiger partial charge in [-0.1, -0.05) is 0 Å². The summed E-state index contributed by atoms with van der Waals surface area (Å²) in [6, 6.07) is 2.77. The van der Waals surface area contributed by atoms with Crippen molar-refractivity contribution in [3.05, 3.63) is 55.0 Å². The Balaban J connectivity index is 1.88. The number of anilines is 1. The third kappa shape index (κ3) is 3.19. The third-order valence-corrected chi connectivity index (χ3v) is 4.14. The van der Waals surface area contributed by atoms with Crippen LogP contribution >= 0.6 is 11.3 Å². The van der Waals surface area contributed by atoms with Crippen LogP contribution in [0.2, 0.25) is 0 Å². The second-order valence-electron chi connectivity index (χ2n) is 4.91. The van der Waals surface area contributed by atoms with Crippen molar-refractivity contribution < 1.29 is 4.92 Å². The van der Waals surface area contributed by atoms with E-state index < -0.39 is 10.5 Å². The van der Waals surface area contributed by atoms with Gasteiger partial charge in [0.1, 0.15) is 5.69 Å². The summed E-state index contributed by atoms with van der Waals surface area (Å²) in [5.74, 6) is 0. The van der Waals surface area contributed by atoms with Crippen molar-refractivity contribution in [2.45, 2.75) is 13.3 Å². The fourth-order valence-corrected chi connectivity index (χ4v) is 2.89. The number of nitro benzene ring substituents is 1. The van der Waals surface area contributed by atoms with Crippen LogP contribution in [0.3, 0.4) is 0 Å². The summed E-state index contributed by atoms with van der Waals surface area (Å²) in [4.78, 5) is 33.2. The van der Waals surface area contributed by atoms with Gasteiger partial charge in [-0.2, -0.15) is 0 Å². The molecule has 0 radical (unpaired) electrons. The third-order valence-electron chi connectivity index (χ3n) is 3.32. The monoisotopic (exact) mass is 331 g/mol. The SMILES string of the molecule is Cc1nc(CCNc2cc3nc[nH]c(=O)c3cc2[N+](=O)[O-])cs1. The van der Waals surface area contributed by atoms with E-state index in [0.717, 1.165) is 10.7 Å². The van der Waals surface area contributed by atoms with Gasteiger partial charge in [-0.05, 0) is 13.0 Å². The maximum atomic E-state index is 11.7. The number of nitrogens with zero attached hydrogens (tertiary/aromatic N) is 3. The fraction of sp³-hybridized carbons (Fsp3) is 0.214. The Morgan fingerprint density at radius 1 is 1.43 bits per heavy atom. The van der Waals surface area contributed by atoms with Gasteiger partial charge in [0.25, 0.3) is 11.2 Å². The predicted octanol–water partition coefficient (Wildman–Crippen LogP) is 2.25. The van der Waals surface area contributed by atoms with Gasteiger partial charge in [0.15, 0.2) is 0 Å². The number of aromatic nitrogens is 3. The predicted molar refractivity (Wildman–Crippen MR) is 88.1 cm³/mol. The lowest BCUT2D eigenvalue weighted by Gasteiger charge is -2.07. The molecule has 0 aliphatic rings. The Labute approximate surface area is 134 Å². The number of aryl methyl sites for hydroxylation is 1. The highest BCUT2D eigenvalue weighted by Crippen LogP contribution is 2.27. The first kappa shape index (κ1) is 15.1. The van der Waals surface area contributed by atoms with Gasteiger partial charge in [0.05, 0.1) is 32.9 Å². The van der Waals surface area contributed by atoms with Crippen molar-refractivity contribution in [3.8, 4) is 0 Å². The molecule has 2 N–H and O–H groups in total. The molecule has 0 saturated heterocycles. The van der Waals surface area contributed by atoms with E-state index in [1.165, 1.54) is 18.5 Å². The van der Waals surface area contributed by atoms with Crippen LogP contribution in [0.5, 0.6) is 0 Å². The zero-order chi connectivity index (χ0) is 16.4. The number of fused-ring (bicyclic) bond motifs is 1. The average molecular weight is 331 g/mol. The van der Waals surface area contributed by atoms with Gasteiger partial charge in [-0.3, -0.25) is 14.9 Å². The van der Waals surface area contributed by atoms with E-state index in [9.17, 15) is 14.9 Å². The first-order chi connectivity index (χ1) is 11.0. The van der Waals surface area contributed by atoms with Crippen molar-refractivity contribution in [2.24, 2.45) is 0 Å². The number of thiazole rings is 1. The second kappa shape index (κ2) is 6.13. The molecule has 0 atom stereocenters. The molecule has 0 fully saturated rings. The molecule has 1 aromatic carbocycles. The van der Waals surface area contributed by atoms with Gasteiger partial charge >= 0.3 is 0 Å². The van der Waals surface area contributed by atoms with Crippen LogP contribution in [0.15, 0.2) is 28.6 Å². The molecule has 2 heterocycles. The number of hydrogen-bond donors (Lipinski definition) is 2. The average Bonchev–Trinajstić information content (AvgIpc) is 2.92. The Kier molecular flexibility index (Phi) is 4.02. The van der Waals surface area contributed by atoms with E-state index in [1.54, 1.807) is 11.3 Å². The highest BCUT2D eigenvalue weighted by Gasteiger charge is 2.17. The molecule has 8 nitrogen and oxygen atoms in total. The van der Waals surface area contributed by atoms with E-state index in [2.05, 4.69) is 20.3 Å². The highest BCUT2D eigenvalue weighted by molar-refractivity contribution is 7.09. The number of hydrogen-bond acceptors (Lipinski definition) is 7. The van der Waals surface area contributed by atoms with Crippen LogP contribution in [0.25, 0.3) is 10.9 Å². The highest BCUT2D eigenvalue weighted by atomic mass is 32.1. The van der Waals surface area contributed by atoms with Crippen LogP contribution < -0.4 is 10.9 Å². The standard InChI is InChI=1S/C14H13N5O3S/c1-8-18-9(6-23-8)2-3-15-12-5-11-10(4-13(12)19(21)22)14(20)17-7-16-11/h4-7,15H,2-3H2,1H3,(H,16,17,20). The molecule has 0 saturated carbocycles. The molecule has 2 aromatic heterocycles. The number of benzene rings is 1. The molecule has 118 valence electrons. The molecule has 0 bridgehead atoms. The Hall–Kier alpha value is -2.81. The van der Waals surface area contributed by atoms with E-state index in [-0.39, 0.29) is 11.1 Å². The molecule has 0 spiro atoms. The van der Waals surface area contributed by atoms with E-state index >= 15 is 0 Å². The zero-order valence-electron chi connectivity index (χ0n) is 12.2. The number of nitro groups is 1. The summed E-state index contributed by atoms with van der Waals surface area (Å²) in [5.41, 5.74) is 1.14. The summed E-state index contributed by atoms with van der Waals surface area (Å²) >= 11 is 1.57. The van der Waals surface area contributed by atoms with Crippen molar-refractivity contribution in [3.63, 3.8) is 0 Å². The largest absolute Gasteiger partial charge is 0.379 e. The maximum Gasteiger partial charge on any atom is 0.293 e. The molecule has 0 aliphatic heterocycles. The fourth-order valence-electron chi connectivity index (χ4n) is 2.24. The molecular weight excluding hydrogens is 318 g/mol. The van der Waals surface area contributed by atoms with Crippen LogP contribution in [-0.4, -0.2) is 26.4 Å². The summed E-state index contributed by atoms with van der Waals surface area (Å²) in [6.07, 6.45) is 1.93. The lowest BCUT2D eigenvalue weighted by atomic mass is 10.2. The van der Waals surface area contributed by atoms with Crippen LogP contribution in [-0.2, 0) is 6.42 Å². The van der Waals surface area contributed by atoms with Crippen molar-refractivity contribution in [1.82, 2.24) is 15.0 Å². The summed E-state index contributed by atoms with van der Waals surface area (Å²) < 4.78 is 0. The quantitative estimate of drug-likeness (QED) is 0.547. The molecule has 3 rings (SSSR count).